The molecule has 14 heteroatoms. The minimum Gasteiger partial charge on any atom is -0.497 e. The number of Topliss-reactive ketones (excluding diaryl/α,β-unsaturated/α-hetero) is 1. The van der Waals surface area contributed by atoms with Crippen LogP contribution in [0.2, 0.25) is 5.02 Å². The van der Waals surface area contributed by atoms with Gasteiger partial charge in [0.1, 0.15) is 53.4 Å². The average molecular weight is 797 g/mol. The summed E-state index contributed by atoms with van der Waals surface area (Å²) in [4.78, 5) is 26.1. The van der Waals surface area contributed by atoms with Crippen LogP contribution in [0.4, 0.5) is 0 Å². The number of halogens is 2. The van der Waals surface area contributed by atoms with E-state index in [4.69, 9.17) is 51.5 Å². The number of methoxy groups -OCH3 is 2. The number of ketones is 1. The number of hydrogen-bond acceptors (Lipinski definition) is 12. The van der Waals surface area contributed by atoms with Crippen LogP contribution in [0.3, 0.4) is 0 Å². The van der Waals surface area contributed by atoms with Gasteiger partial charge in [-0.25, -0.2) is 9.98 Å². The second-order valence-electron chi connectivity index (χ2n) is 12.6. The Labute approximate surface area is 317 Å². The lowest BCUT2D eigenvalue weighted by molar-refractivity contribution is 0.0988. The Hall–Kier alpha value is -5.79. The van der Waals surface area contributed by atoms with E-state index in [1.165, 1.54) is 6.20 Å². The topological polar surface area (TPSA) is 162 Å². The van der Waals surface area contributed by atoms with Crippen molar-refractivity contribution in [1.29, 1.82) is 0 Å². The van der Waals surface area contributed by atoms with Gasteiger partial charge in [-0.3, -0.25) is 9.78 Å². The smallest absolute Gasteiger partial charge is 0.283 e. The Morgan fingerprint density at radius 1 is 0.736 bits per heavy atom. The minimum atomic E-state index is -0.876. The Kier molecular flexibility index (Phi) is 8.62. The van der Waals surface area contributed by atoms with Gasteiger partial charge >= 0.3 is 0 Å². The number of rotatable bonds is 5. The van der Waals surface area contributed by atoms with Gasteiger partial charge in [-0.2, -0.15) is 0 Å². The number of fused-ring (bicyclic) bond motifs is 8. The molecule has 4 aliphatic heterocycles. The molecule has 12 nitrogen and oxygen atoms in total. The second-order valence-corrected chi connectivity index (χ2v) is 13.9. The maximum absolute atomic E-state index is 12.7. The first kappa shape index (κ1) is 34.3. The van der Waals surface area contributed by atoms with Crippen molar-refractivity contribution in [2.24, 2.45) is 21.5 Å². The van der Waals surface area contributed by atoms with Crippen LogP contribution in [0.25, 0.3) is 0 Å². The van der Waals surface area contributed by atoms with E-state index in [9.17, 15) is 4.79 Å². The van der Waals surface area contributed by atoms with Gasteiger partial charge in [-0.05, 0) is 84.4 Å². The first-order chi connectivity index (χ1) is 25.6. The van der Waals surface area contributed by atoms with E-state index in [1.54, 1.807) is 26.4 Å². The number of nitrogens with zero attached hydrogens (tertiary/aromatic N) is 3. The molecule has 0 fully saturated rings. The Morgan fingerprint density at radius 2 is 1.25 bits per heavy atom. The van der Waals surface area contributed by atoms with Crippen molar-refractivity contribution >= 4 is 45.4 Å². The maximum Gasteiger partial charge on any atom is 0.283 e. The van der Waals surface area contributed by atoms with Gasteiger partial charge in [0.25, 0.3) is 12.0 Å². The molecule has 0 radical (unpaired) electrons. The quantitative estimate of drug-likeness (QED) is 0.177. The summed E-state index contributed by atoms with van der Waals surface area (Å²) in [5.41, 5.74) is 14.7. The highest BCUT2D eigenvalue weighted by Gasteiger charge is 2.48. The lowest BCUT2D eigenvalue weighted by atomic mass is 9.80. The Bertz CT molecular complexity index is 2350. The zero-order valence-corrected chi connectivity index (χ0v) is 30.7. The molecule has 0 bridgehead atoms. The zero-order valence-electron chi connectivity index (χ0n) is 28.4. The summed E-state index contributed by atoms with van der Waals surface area (Å²) in [6.07, 6.45) is 1.63. The highest BCUT2D eigenvalue weighted by atomic mass is 79.9. The molecule has 4 aliphatic rings. The van der Waals surface area contributed by atoms with E-state index >= 15 is 0 Å². The molecule has 2 spiro atoms. The van der Waals surface area contributed by atoms with Crippen LogP contribution in [-0.4, -0.2) is 50.2 Å². The average Bonchev–Trinajstić information content (AvgIpc) is 3.76. The van der Waals surface area contributed by atoms with Gasteiger partial charge in [0, 0.05) is 39.3 Å². The third kappa shape index (κ3) is 6.05. The Morgan fingerprint density at radius 3 is 1.74 bits per heavy atom. The third-order valence-electron chi connectivity index (χ3n) is 9.42. The molecule has 268 valence electrons. The fourth-order valence-electron chi connectivity index (χ4n) is 6.87. The Balaban J connectivity index is 0.000000160. The van der Waals surface area contributed by atoms with Gasteiger partial charge in [-0.1, -0.05) is 33.6 Å². The number of amidine groups is 2. The molecular formula is C39H31BrClN5O7. The standard InChI is InChI=1S/C23H18ClN3O4.C16H13BrN2O3/c1-29-15-4-7-21-17(10-15)23(12-30-22(25)27-23)16-8-13(2-6-20(16)31-21)9-19(28)18-5-3-14(24)11-26-18;1-20-10-3-5-14-12(7-10)16(8-21-15(18)19-16)11-6-9(17)2-4-13(11)22-14/h2-8,10-11H,9,12H2,1H3,(H2,25,27);2-7H,8H2,1H3,(H2,18,19)/t23-;16-/m00/s1. The fourth-order valence-corrected chi connectivity index (χ4v) is 7.34. The molecule has 0 aliphatic carbocycles. The van der Waals surface area contributed by atoms with Crippen molar-refractivity contribution in [2.75, 3.05) is 27.4 Å². The van der Waals surface area contributed by atoms with Gasteiger partial charge in [0.05, 0.1) is 19.2 Å². The molecule has 0 saturated carbocycles. The van der Waals surface area contributed by atoms with Crippen molar-refractivity contribution in [3.05, 3.63) is 134 Å². The largest absolute Gasteiger partial charge is 0.497 e. The van der Waals surface area contributed by atoms with E-state index in [-0.39, 0.29) is 30.9 Å². The summed E-state index contributed by atoms with van der Waals surface area (Å²) in [7, 11) is 3.23. The number of aromatic nitrogens is 1. The van der Waals surface area contributed by atoms with E-state index in [2.05, 4.69) is 30.9 Å². The molecule has 0 unspecified atom stereocenters. The predicted molar refractivity (Wildman–Crippen MR) is 201 cm³/mol. The van der Waals surface area contributed by atoms with Crippen LogP contribution in [0.5, 0.6) is 34.5 Å². The van der Waals surface area contributed by atoms with Crippen molar-refractivity contribution in [1.82, 2.24) is 4.98 Å². The number of carbonyl (C=O) groups excluding carboxylic acids is 1. The number of carbonyl (C=O) groups is 1. The van der Waals surface area contributed by atoms with Crippen molar-refractivity contribution in [3.63, 3.8) is 0 Å². The normalized spacial score (nSPS) is 19.7. The van der Waals surface area contributed by atoms with Crippen molar-refractivity contribution in [2.45, 2.75) is 17.5 Å². The van der Waals surface area contributed by atoms with Crippen molar-refractivity contribution < 1.29 is 33.2 Å². The van der Waals surface area contributed by atoms with Gasteiger partial charge in [-0.15, -0.1) is 0 Å². The lowest BCUT2D eigenvalue weighted by Gasteiger charge is -2.33. The molecule has 53 heavy (non-hydrogen) atoms. The van der Waals surface area contributed by atoms with E-state index in [1.807, 2.05) is 72.8 Å². The summed E-state index contributed by atoms with van der Waals surface area (Å²) in [6, 6.07) is 26.2. The summed E-state index contributed by atoms with van der Waals surface area (Å²) in [5, 5.41) is 0.482. The second kappa shape index (κ2) is 13.3. The number of pyridine rings is 1. The highest BCUT2D eigenvalue weighted by Crippen LogP contribution is 2.53. The molecule has 0 amide bonds. The molecule has 1 aromatic heterocycles. The predicted octanol–water partition coefficient (Wildman–Crippen LogP) is 7.02. The van der Waals surface area contributed by atoms with Crippen LogP contribution in [0.1, 0.15) is 38.3 Å². The van der Waals surface area contributed by atoms with Crippen LogP contribution >= 0.6 is 27.5 Å². The van der Waals surface area contributed by atoms with Crippen LogP contribution in [0, 0.1) is 0 Å². The summed E-state index contributed by atoms with van der Waals surface area (Å²) in [6.45, 7) is 0.567. The number of aliphatic imine (C=N–C) groups is 2. The van der Waals surface area contributed by atoms with Crippen molar-refractivity contribution in [3.8, 4) is 34.5 Å². The molecule has 4 aromatic carbocycles. The van der Waals surface area contributed by atoms with Gasteiger partial charge in [0.2, 0.25) is 0 Å². The summed E-state index contributed by atoms with van der Waals surface area (Å²) >= 11 is 9.37. The molecule has 9 rings (SSSR count). The van der Waals surface area contributed by atoms with E-state index in [0.717, 1.165) is 49.5 Å². The first-order valence-electron chi connectivity index (χ1n) is 16.4. The molecule has 4 N–H and O–H groups in total. The van der Waals surface area contributed by atoms with Gasteiger partial charge in [0.15, 0.2) is 16.9 Å². The highest BCUT2D eigenvalue weighted by molar-refractivity contribution is 9.10. The molecule has 2 atom stereocenters. The van der Waals surface area contributed by atoms with Crippen LogP contribution < -0.4 is 30.4 Å². The number of benzene rings is 4. The maximum atomic E-state index is 12.7. The number of nitrogens with two attached hydrogens (primary N) is 2. The van der Waals surface area contributed by atoms with Gasteiger partial charge < -0.3 is 39.9 Å². The molecular weight excluding hydrogens is 766 g/mol. The summed E-state index contributed by atoms with van der Waals surface area (Å²) < 4.78 is 34.9. The summed E-state index contributed by atoms with van der Waals surface area (Å²) in [5.74, 6) is 4.08. The molecule has 5 aromatic rings. The zero-order chi connectivity index (χ0) is 36.9. The first-order valence-corrected chi connectivity index (χ1v) is 17.5. The SMILES string of the molecule is COc1ccc2c(c1)[C@]1(COC(N)=N1)c1cc(Br)ccc1O2.COc1ccc2c(c1)[C@]1(COC(N)=N1)c1cc(CC(=O)c3ccc(Cl)cn3)ccc1O2. The molecule has 5 heterocycles. The monoisotopic (exact) mass is 795 g/mol. The van der Waals surface area contributed by atoms with E-state index in [0.29, 0.717) is 34.6 Å². The minimum absolute atomic E-state index is 0.105. The van der Waals surface area contributed by atoms with Crippen LogP contribution in [0.15, 0.2) is 106 Å². The van der Waals surface area contributed by atoms with Crippen LogP contribution in [-0.2, 0) is 27.0 Å². The number of ether oxygens (including phenoxy) is 6. The molecule has 0 saturated heterocycles. The lowest BCUT2D eigenvalue weighted by Crippen LogP contribution is -2.31. The number of hydrogen-bond donors (Lipinski definition) is 2. The van der Waals surface area contributed by atoms with E-state index < -0.39 is 11.1 Å². The fraction of sp³-hybridized carbons (Fsp3) is 0.179. The third-order valence-corrected chi connectivity index (χ3v) is 10.1.